The maximum atomic E-state index is 10.4. The molecule has 0 bridgehead atoms. The Kier molecular flexibility index (Phi) is 1.48. The minimum atomic E-state index is -0.112. The lowest BCUT2D eigenvalue weighted by Gasteiger charge is -2.19. The molecule has 0 N–H and O–H groups in total. The largest absolute Gasteiger partial charge is 0.368 e. The Morgan fingerprint density at radius 1 is 1.75 bits per heavy atom. The molecule has 3 nitrogen and oxygen atoms in total. The first-order chi connectivity index (χ1) is 3.79. The van der Waals surface area contributed by atoms with Crippen LogP contribution < -0.4 is 0 Å². The first-order valence-electron chi connectivity index (χ1n) is 2.71. The van der Waals surface area contributed by atoms with Gasteiger partial charge in [-0.1, -0.05) is 0 Å². The molecule has 1 aliphatic heterocycles. The van der Waals surface area contributed by atoms with Gasteiger partial charge in [-0.3, -0.25) is 4.79 Å². The lowest BCUT2D eigenvalue weighted by Crippen LogP contribution is -2.29. The van der Waals surface area contributed by atoms with Crippen molar-refractivity contribution in [3.05, 3.63) is 0 Å². The quantitative estimate of drug-likeness (QED) is 0.450. The molecule has 0 atom stereocenters. The fourth-order valence-electron chi connectivity index (χ4n) is 0.711. The van der Waals surface area contributed by atoms with Crippen LogP contribution in [0.15, 0.2) is 0 Å². The SMILES string of the molecule is CN1CCCC(=O)O1. The van der Waals surface area contributed by atoms with Crippen LogP contribution in [0.5, 0.6) is 0 Å². The van der Waals surface area contributed by atoms with Gasteiger partial charge in [-0.25, -0.2) is 0 Å². The van der Waals surface area contributed by atoms with E-state index in [1.165, 1.54) is 0 Å². The maximum absolute atomic E-state index is 10.4. The van der Waals surface area contributed by atoms with Crippen LogP contribution in [0.1, 0.15) is 12.8 Å². The van der Waals surface area contributed by atoms with Gasteiger partial charge in [-0.15, -0.1) is 5.06 Å². The second-order valence-corrected chi connectivity index (χ2v) is 1.92. The molecule has 46 valence electrons. The number of hydroxylamine groups is 2. The van der Waals surface area contributed by atoms with Crippen LogP contribution >= 0.6 is 0 Å². The molecular weight excluding hydrogens is 106 g/mol. The molecule has 1 heterocycles. The third-order valence-electron chi connectivity index (χ3n) is 1.11. The summed E-state index contributed by atoms with van der Waals surface area (Å²) in [5, 5.41) is 1.56. The Labute approximate surface area is 48.2 Å². The minimum Gasteiger partial charge on any atom is -0.368 e. The van der Waals surface area contributed by atoms with E-state index in [0.29, 0.717) is 6.42 Å². The van der Waals surface area contributed by atoms with Crippen LogP contribution in [-0.4, -0.2) is 24.6 Å². The van der Waals surface area contributed by atoms with E-state index in [1.54, 1.807) is 12.1 Å². The van der Waals surface area contributed by atoms with Crippen molar-refractivity contribution < 1.29 is 9.63 Å². The Balaban J connectivity index is 2.34. The number of carbonyl (C=O) groups excluding carboxylic acids is 1. The van der Waals surface area contributed by atoms with E-state index < -0.39 is 0 Å². The average molecular weight is 115 g/mol. The van der Waals surface area contributed by atoms with Crippen LogP contribution in [0.3, 0.4) is 0 Å². The summed E-state index contributed by atoms with van der Waals surface area (Å²) in [5.41, 5.74) is 0. The monoisotopic (exact) mass is 115 g/mol. The molecule has 1 rings (SSSR count). The van der Waals surface area contributed by atoms with Gasteiger partial charge in [0.05, 0.1) is 0 Å². The predicted molar refractivity (Wildman–Crippen MR) is 28.0 cm³/mol. The van der Waals surface area contributed by atoms with Crippen LogP contribution in [0.4, 0.5) is 0 Å². The summed E-state index contributed by atoms with van der Waals surface area (Å²) < 4.78 is 0. The standard InChI is InChI=1S/C5H9NO2/c1-6-4-2-3-5(7)8-6/h2-4H2,1H3. The van der Waals surface area contributed by atoms with Gasteiger partial charge in [0.1, 0.15) is 0 Å². The van der Waals surface area contributed by atoms with E-state index in [4.69, 9.17) is 0 Å². The average Bonchev–Trinajstić information content (AvgIpc) is 1.64. The topological polar surface area (TPSA) is 29.5 Å². The fraction of sp³-hybridized carbons (Fsp3) is 0.800. The van der Waals surface area contributed by atoms with Crippen molar-refractivity contribution >= 4 is 5.97 Å². The van der Waals surface area contributed by atoms with Gasteiger partial charge in [-0.2, -0.15) is 0 Å². The lowest BCUT2D eigenvalue weighted by atomic mass is 10.3. The first-order valence-corrected chi connectivity index (χ1v) is 2.71. The van der Waals surface area contributed by atoms with Crippen molar-refractivity contribution in [1.29, 1.82) is 0 Å². The molecule has 1 saturated heterocycles. The van der Waals surface area contributed by atoms with Crippen LogP contribution in [0.2, 0.25) is 0 Å². The van der Waals surface area contributed by atoms with Crippen LogP contribution in [0.25, 0.3) is 0 Å². The summed E-state index contributed by atoms with van der Waals surface area (Å²) in [6, 6.07) is 0. The van der Waals surface area contributed by atoms with Crippen LogP contribution in [0, 0.1) is 0 Å². The summed E-state index contributed by atoms with van der Waals surface area (Å²) in [7, 11) is 1.76. The highest BCUT2D eigenvalue weighted by atomic mass is 16.7. The Morgan fingerprint density at radius 2 is 2.50 bits per heavy atom. The Morgan fingerprint density at radius 3 is 2.88 bits per heavy atom. The normalized spacial score (nSPS) is 22.9. The van der Waals surface area contributed by atoms with Gasteiger partial charge < -0.3 is 4.84 Å². The van der Waals surface area contributed by atoms with Gasteiger partial charge in [-0.05, 0) is 6.42 Å². The molecule has 0 saturated carbocycles. The Hall–Kier alpha value is -0.570. The summed E-state index contributed by atoms with van der Waals surface area (Å²) in [5.74, 6) is -0.112. The summed E-state index contributed by atoms with van der Waals surface area (Å²) in [6.45, 7) is 0.867. The molecule has 3 heteroatoms. The second kappa shape index (κ2) is 2.13. The smallest absolute Gasteiger partial charge is 0.325 e. The molecule has 0 unspecified atom stereocenters. The van der Waals surface area contributed by atoms with Crippen molar-refractivity contribution in [3.63, 3.8) is 0 Å². The molecule has 0 amide bonds. The van der Waals surface area contributed by atoms with E-state index in [1.807, 2.05) is 0 Å². The Bertz CT molecular complexity index is 103. The van der Waals surface area contributed by atoms with E-state index in [2.05, 4.69) is 4.84 Å². The highest BCUT2D eigenvalue weighted by Gasteiger charge is 2.12. The summed E-state index contributed by atoms with van der Waals surface area (Å²) >= 11 is 0. The fourth-order valence-corrected chi connectivity index (χ4v) is 0.711. The third kappa shape index (κ3) is 1.20. The molecule has 0 radical (unpaired) electrons. The molecular formula is C5H9NO2. The highest BCUT2D eigenvalue weighted by molar-refractivity contribution is 5.69. The number of nitrogens with zero attached hydrogens (tertiary/aromatic N) is 1. The van der Waals surface area contributed by atoms with Gasteiger partial charge in [0.2, 0.25) is 0 Å². The number of hydrogen-bond donors (Lipinski definition) is 0. The molecule has 1 aliphatic rings. The van der Waals surface area contributed by atoms with Crippen molar-refractivity contribution in [2.75, 3.05) is 13.6 Å². The van der Waals surface area contributed by atoms with Gasteiger partial charge in [0.15, 0.2) is 0 Å². The third-order valence-corrected chi connectivity index (χ3v) is 1.11. The van der Waals surface area contributed by atoms with Gasteiger partial charge in [0.25, 0.3) is 0 Å². The van der Waals surface area contributed by atoms with E-state index in [9.17, 15) is 4.79 Å². The van der Waals surface area contributed by atoms with Crippen LogP contribution in [-0.2, 0) is 9.63 Å². The molecule has 0 aromatic rings. The zero-order valence-corrected chi connectivity index (χ0v) is 4.89. The summed E-state index contributed by atoms with van der Waals surface area (Å²) in [6.07, 6.45) is 1.50. The molecule has 0 aliphatic carbocycles. The van der Waals surface area contributed by atoms with E-state index in [0.717, 1.165) is 13.0 Å². The molecule has 0 spiro atoms. The molecule has 1 fully saturated rings. The maximum Gasteiger partial charge on any atom is 0.325 e. The van der Waals surface area contributed by atoms with E-state index in [-0.39, 0.29) is 5.97 Å². The van der Waals surface area contributed by atoms with Crippen molar-refractivity contribution in [3.8, 4) is 0 Å². The molecule has 0 aromatic heterocycles. The molecule has 0 aromatic carbocycles. The second-order valence-electron chi connectivity index (χ2n) is 1.92. The zero-order chi connectivity index (χ0) is 5.98. The summed E-state index contributed by atoms with van der Waals surface area (Å²) in [4.78, 5) is 15.1. The molecule has 8 heavy (non-hydrogen) atoms. The number of carbonyl (C=O) groups is 1. The lowest BCUT2D eigenvalue weighted by molar-refractivity contribution is -0.192. The van der Waals surface area contributed by atoms with Crippen molar-refractivity contribution in [1.82, 2.24) is 5.06 Å². The predicted octanol–water partition coefficient (Wildman–Crippen LogP) is 0.170. The first kappa shape index (κ1) is 5.56. The van der Waals surface area contributed by atoms with Gasteiger partial charge in [0, 0.05) is 20.0 Å². The van der Waals surface area contributed by atoms with Crippen molar-refractivity contribution in [2.45, 2.75) is 12.8 Å². The van der Waals surface area contributed by atoms with Crippen molar-refractivity contribution in [2.24, 2.45) is 0 Å². The highest BCUT2D eigenvalue weighted by Crippen LogP contribution is 2.03. The number of hydrogen-bond acceptors (Lipinski definition) is 3. The minimum absolute atomic E-state index is 0.112. The zero-order valence-electron chi connectivity index (χ0n) is 4.89. The number of rotatable bonds is 0. The van der Waals surface area contributed by atoms with E-state index >= 15 is 0 Å². The van der Waals surface area contributed by atoms with Gasteiger partial charge >= 0.3 is 5.97 Å².